The molecule has 0 aliphatic carbocycles. The average Bonchev–Trinajstić information content (AvgIpc) is 2.79. The van der Waals surface area contributed by atoms with E-state index in [0.29, 0.717) is 0 Å². The monoisotopic (exact) mass is 297 g/mol. The SMILES string of the molecule is Cc1cc(O)c(C(=O)O)cc1S(=O)(=O)Nc1ccn[nH]1. The van der Waals surface area contributed by atoms with Crippen LogP contribution in [0.2, 0.25) is 0 Å². The van der Waals surface area contributed by atoms with Gasteiger partial charge in [0, 0.05) is 6.07 Å². The van der Waals surface area contributed by atoms with Gasteiger partial charge in [0.25, 0.3) is 10.0 Å². The maximum Gasteiger partial charge on any atom is 0.339 e. The number of H-pyrrole nitrogens is 1. The van der Waals surface area contributed by atoms with Gasteiger partial charge in [0.1, 0.15) is 17.1 Å². The topological polar surface area (TPSA) is 132 Å². The fraction of sp³-hybridized carbons (Fsp3) is 0.0909. The number of aromatic hydroxyl groups is 1. The number of carboxylic acids is 1. The summed E-state index contributed by atoms with van der Waals surface area (Å²) in [5, 5.41) is 24.4. The van der Waals surface area contributed by atoms with Gasteiger partial charge in [-0.3, -0.25) is 9.82 Å². The summed E-state index contributed by atoms with van der Waals surface area (Å²) < 4.78 is 26.6. The molecular weight excluding hydrogens is 286 g/mol. The van der Waals surface area contributed by atoms with Gasteiger partial charge >= 0.3 is 5.97 Å². The molecule has 0 aliphatic rings. The van der Waals surface area contributed by atoms with Crippen molar-refractivity contribution in [1.29, 1.82) is 0 Å². The second-order valence-electron chi connectivity index (χ2n) is 4.02. The van der Waals surface area contributed by atoms with Crippen LogP contribution in [0.1, 0.15) is 15.9 Å². The van der Waals surface area contributed by atoms with Gasteiger partial charge in [-0.05, 0) is 24.6 Å². The number of sulfonamides is 1. The fourth-order valence-electron chi connectivity index (χ4n) is 1.65. The molecule has 0 radical (unpaired) electrons. The van der Waals surface area contributed by atoms with Crippen molar-refractivity contribution >= 4 is 21.8 Å². The molecule has 1 aromatic carbocycles. The van der Waals surface area contributed by atoms with E-state index in [0.717, 1.165) is 12.1 Å². The minimum absolute atomic E-state index is 0.148. The highest BCUT2D eigenvalue weighted by molar-refractivity contribution is 7.92. The average molecular weight is 297 g/mol. The van der Waals surface area contributed by atoms with E-state index in [2.05, 4.69) is 14.9 Å². The van der Waals surface area contributed by atoms with E-state index in [4.69, 9.17) is 5.11 Å². The number of aryl methyl sites for hydroxylation is 1. The van der Waals surface area contributed by atoms with Gasteiger partial charge in [0.2, 0.25) is 0 Å². The van der Waals surface area contributed by atoms with Crippen molar-refractivity contribution in [2.24, 2.45) is 0 Å². The lowest BCUT2D eigenvalue weighted by Gasteiger charge is -2.10. The first-order chi connectivity index (χ1) is 9.31. The van der Waals surface area contributed by atoms with Gasteiger partial charge in [0.15, 0.2) is 0 Å². The van der Waals surface area contributed by atoms with Gasteiger partial charge < -0.3 is 10.2 Å². The highest BCUT2D eigenvalue weighted by atomic mass is 32.2. The van der Waals surface area contributed by atoms with Gasteiger partial charge in [0.05, 0.1) is 11.1 Å². The lowest BCUT2D eigenvalue weighted by Crippen LogP contribution is -2.15. The highest BCUT2D eigenvalue weighted by Crippen LogP contribution is 2.26. The Kier molecular flexibility index (Phi) is 3.36. The Bertz CT molecular complexity index is 753. The predicted molar refractivity (Wildman–Crippen MR) is 69.2 cm³/mol. The van der Waals surface area contributed by atoms with Gasteiger partial charge in [-0.2, -0.15) is 5.10 Å². The van der Waals surface area contributed by atoms with E-state index in [1.807, 2.05) is 0 Å². The summed E-state index contributed by atoms with van der Waals surface area (Å²) >= 11 is 0. The molecule has 0 saturated carbocycles. The van der Waals surface area contributed by atoms with Crippen molar-refractivity contribution in [2.45, 2.75) is 11.8 Å². The quantitative estimate of drug-likeness (QED) is 0.663. The molecule has 1 aromatic heterocycles. The van der Waals surface area contributed by atoms with Crippen LogP contribution in [0.25, 0.3) is 0 Å². The number of carboxylic acid groups (broad SMARTS) is 1. The molecule has 8 nitrogen and oxygen atoms in total. The van der Waals surface area contributed by atoms with Crippen LogP contribution in [-0.2, 0) is 10.0 Å². The third-order valence-electron chi connectivity index (χ3n) is 2.56. The number of phenols is 1. The molecule has 0 saturated heterocycles. The lowest BCUT2D eigenvalue weighted by molar-refractivity contribution is 0.0693. The van der Waals surface area contributed by atoms with Crippen LogP contribution in [0, 0.1) is 6.92 Å². The van der Waals surface area contributed by atoms with E-state index in [9.17, 15) is 18.3 Å². The Morgan fingerprint density at radius 3 is 2.65 bits per heavy atom. The third-order valence-corrected chi connectivity index (χ3v) is 4.07. The number of hydrogen-bond acceptors (Lipinski definition) is 5. The number of benzene rings is 1. The number of anilines is 1. The Hall–Kier alpha value is -2.55. The number of nitrogens with one attached hydrogen (secondary N) is 2. The molecule has 0 bridgehead atoms. The van der Waals surface area contributed by atoms with Crippen LogP contribution in [0.15, 0.2) is 29.3 Å². The van der Waals surface area contributed by atoms with Crippen LogP contribution in [0.3, 0.4) is 0 Å². The van der Waals surface area contributed by atoms with Crippen LogP contribution in [0.5, 0.6) is 5.75 Å². The molecule has 2 rings (SSSR count). The first-order valence-corrected chi connectivity index (χ1v) is 6.88. The van der Waals surface area contributed by atoms with Crippen LogP contribution in [-0.4, -0.2) is 34.8 Å². The van der Waals surface area contributed by atoms with Crippen molar-refractivity contribution in [3.63, 3.8) is 0 Å². The molecule has 0 spiro atoms. The number of carbonyl (C=O) groups is 1. The number of aromatic carboxylic acids is 1. The number of nitrogens with zero attached hydrogens (tertiary/aromatic N) is 1. The van der Waals surface area contributed by atoms with Gasteiger partial charge in [-0.15, -0.1) is 0 Å². The number of aromatic nitrogens is 2. The van der Waals surface area contributed by atoms with Crippen LogP contribution >= 0.6 is 0 Å². The Balaban J connectivity index is 2.51. The van der Waals surface area contributed by atoms with Crippen molar-refractivity contribution in [2.75, 3.05) is 4.72 Å². The summed E-state index contributed by atoms with van der Waals surface area (Å²) in [4.78, 5) is 10.7. The lowest BCUT2D eigenvalue weighted by atomic mass is 10.1. The molecule has 106 valence electrons. The smallest absolute Gasteiger partial charge is 0.339 e. The van der Waals surface area contributed by atoms with E-state index >= 15 is 0 Å². The van der Waals surface area contributed by atoms with Gasteiger partial charge in [-0.1, -0.05) is 0 Å². The molecule has 1 heterocycles. The second kappa shape index (κ2) is 4.85. The zero-order valence-corrected chi connectivity index (χ0v) is 11.1. The molecule has 9 heteroatoms. The molecule has 0 fully saturated rings. The standard InChI is InChI=1S/C11H11N3O5S/c1-6-4-8(15)7(11(16)17)5-9(6)20(18,19)14-10-2-3-12-13-10/h2-5,15H,1H3,(H,16,17)(H2,12,13,14). The predicted octanol–water partition coefficient (Wildman–Crippen LogP) is 0.923. The summed E-state index contributed by atoms with van der Waals surface area (Å²) in [6, 6.07) is 3.40. The van der Waals surface area contributed by atoms with Gasteiger partial charge in [-0.25, -0.2) is 13.2 Å². The number of rotatable bonds is 4. The number of hydrogen-bond donors (Lipinski definition) is 4. The summed E-state index contributed by atoms with van der Waals surface area (Å²) in [6.07, 6.45) is 1.37. The zero-order valence-electron chi connectivity index (χ0n) is 10.3. The molecule has 0 unspecified atom stereocenters. The molecule has 0 aliphatic heterocycles. The Morgan fingerprint density at radius 2 is 2.10 bits per heavy atom. The first-order valence-electron chi connectivity index (χ1n) is 5.40. The largest absolute Gasteiger partial charge is 0.507 e. The third kappa shape index (κ3) is 2.57. The summed E-state index contributed by atoms with van der Waals surface area (Å²) in [5.74, 6) is -1.76. The molecule has 2 aromatic rings. The van der Waals surface area contributed by atoms with Crippen molar-refractivity contribution in [3.8, 4) is 5.75 Å². The molecular formula is C11H11N3O5S. The summed E-state index contributed by atoms with van der Waals surface area (Å²) in [5.41, 5.74) is -0.264. The maximum absolute atomic E-state index is 12.2. The van der Waals surface area contributed by atoms with Crippen molar-refractivity contribution in [1.82, 2.24) is 10.2 Å². The first kappa shape index (κ1) is 13.9. The molecule has 0 atom stereocenters. The Labute approximate surface area is 114 Å². The highest BCUT2D eigenvalue weighted by Gasteiger charge is 2.22. The Morgan fingerprint density at radius 1 is 1.40 bits per heavy atom. The van der Waals surface area contributed by atoms with E-state index in [1.54, 1.807) is 0 Å². The summed E-state index contributed by atoms with van der Waals surface area (Å²) in [6.45, 7) is 1.45. The normalized spacial score (nSPS) is 11.2. The van der Waals surface area contributed by atoms with E-state index < -0.39 is 27.3 Å². The summed E-state index contributed by atoms with van der Waals surface area (Å²) in [7, 11) is -3.98. The minimum atomic E-state index is -3.98. The second-order valence-corrected chi connectivity index (χ2v) is 5.67. The fourth-order valence-corrected chi connectivity index (χ4v) is 2.92. The molecule has 0 amide bonds. The van der Waals surface area contributed by atoms with E-state index in [1.165, 1.54) is 19.2 Å². The van der Waals surface area contributed by atoms with Crippen LogP contribution < -0.4 is 4.72 Å². The maximum atomic E-state index is 12.2. The molecule has 4 N–H and O–H groups in total. The van der Waals surface area contributed by atoms with Crippen LogP contribution in [0.4, 0.5) is 5.82 Å². The van der Waals surface area contributed by atoms with Crippen molar-refractivity contribution < 1.29 is 23.4 Å². The number of aromatic amines is 1. The van der Waals surface area contributed by atoms with E-state index in [-0.39, 0.29) is 16.3 Å². The molecule has 20 heavy (non-hydrogen) atoms. The zero-order chi connectivity index (χ0) is 14.9. The van der Waals surface area contributed by atoms with Crippen molar-refractivity contribution in [3.05, 3.63) is 35.5 Å². The minimum Gasteiger partial charge on any atom is -0.507 e.